The lowest BCUT2D eigenvalue weighted by Crippen LogP contribution is -2.40. The van der Waals surface area contributed by atoms with Gasteiger partial charge in [0.05, 0.1) is 15.6 Å². The molecule has 8 heteroatoms. The number of carbonyl (C=O) groups is 1. The van der Waals surface area contributed by atoms with Gasteiger partial charge in [0.2, 0.25) is 10.0 Å². The molecule has 3 rings (SSSR count). The molecular formula is C21H29N3O3S2. The maximum absolute atomic E-state index is 12.3. The predicted octanol–water partition coefficient (Wildman–Crippen LogP) is 3.46. The molecule has 0 radical (unpaired) electrons. The van der Waals surface area contributed by atoms with Crippen LogP contribution in [-0.4, -0.2) is 31.4 Å². The molecule has 1 heterocycles. The van der Waals surface area contributed by atoms with Crippen molar-refractivity contribution in [2.75, 3.05) is 6.54 Å². The molecule has 0 bridgehead atoms. The summed E-state index contributed by atoms with van der Waals surface area (Å²) in [6.07, 6.45) is 6.45. The van der Waals surface area contributed by atoms with E-state index in [1.54, 1.807) is 32.9 Å². The number of nitrogens with one attached hydrogen (secondary N) is 2. The van der Waals surface area contributed by atoms with E-state index in [1.807, 2.05) is 11.3 Å². The Bertz CT molecular complexity index is 935. The molecule has 0 saturated carbocycles. The Hall–Kier alpha value is -1.77. The highest BCUT2D eigenvalue weighted by Gasteiger charge is 2.22. The third-order valence-corrected chi connectivity index (χ3v) is 7.60. The fraction of sp³-hybridized carbons (Fsp3) is 0.524. The Labute approximate surface area is 177 Å². The van der Waals surface area contributed by atoms with Crippen LogP contribution >= 0.6 is 11.3 Å². The van der Waals surface area contributed by atoms with Crippen molar-refractivity contribution >= 4 is 27.3 Å². The van der Waals surface area contributed by atoms with Crippen LogP contribution in [0.2, 0.25) is 0 Å². The predicted molar refractivity (Wildman–Crippen MR) is 116 cm³/mol. The molecule has 1 amide bonds. The third kappa shape index (κ3) is 6.10. The molecule has 158 valence electrons. The van der Waals surface area contributed by atoms with E-state index in [9.17, 15) is 13.2 Å². The van der Waals surface area contributed by atoms with Crippen LogP contribution in [0.4, 0.5) is 0 Å². The smallest absolute Gasteiger partial charge is 0.251 e. The Morgan fingerprint density at radius 3 is 2.48 bits per heavy atom. The van der Waals surface area contributed by atoms with E-state index in [0.717, 1.165) is 30.7 Å². The standard InChI is InChI=1S/C21H29N3O3S2/c1-21(2,3)24-29(26,27)16-12-10-15(11-13-16)20(25)22-14-6-9-19-23-17-7-4-5-8-18(17)28-19/h10-13,24H,4-9,14H2,1-3H3,(H,22,25). The van der Waals surface area contributed by atoms with Gasteiger partial charge in [0.25, 0.3) is 5.91 Å². The zero-order valence-corrected chi connectivity index (χ0v) is 18.9. The fourth-order valence-corrected chi connectivity index (χ4v) is 5.92. The van der Waals surface area contributed by atoms with E-state index in [0.29, 0.717) is 12.1 Å². The molecule has 0 fully saturated rings. The summed E-state index contributed by atoms with van der Waals surface area (Å²) >= 11 is 1.81. The van der Waals surface area contributed by atoms with Gasteiger partial charge in [-0.1, -0.05) is 0 Å². The quantitative estimate of drug-likeness (QED) is 0.652. The average molecular weight is 436 g/mol. The van der Waals surface area contributed by atoms with Crippen molar-refractivity contribution in [3.63, 3.8) is 0 Å². The number of aromatic nitrogens is 1. The molecule has 1 aromatic heterocycles. The Morgan fingerprint density at radius 2 is 1.83 bits per heavy atom. The van der Waals surface area contributed by atoms with Gasteiger partial charge >= 0.3 is 0 Å². The van der Waals surface area contributed by atoms with E-state index in [-0.39, 0.29) is 10.8 Å². The molecule has 6 nitrogen and oxygen atoms in total. The lowest BCUT2D eigenvalue weighted by atomic mass is 10.0. The van der Waals surface area contributed by atoms with E-state index in [1.165, 1.54) is 35.5 Å². The van der Waals surface area contributed by atoms with E-state index < -0.39 is 15.6 Å². The molecule has 1 aromatic carbocycles. The van der Waals surface area contributed by atoms with E-state index in [4.69, 9.17) is 4.98 Å². The molecule has 29 heavy (non-hydrogen) atoms. The normalized spacial score (nSPS) is 14.4. The molecule has 2 N–H and O–H groups in total. The zero-order valence-electron chi connectivity index (χ0n) is 17.2. The van der Waals surface area contributed by atoms with Gasteiger partial charge in [0.1, 0.15) is 0 Å². The first kappa shape index (κ1) is 21.9. The maximum atomic E-state index is 12.3. The van der Waals surface area contributed by atoms with Crippen molar-refractivity contribution in [2.24, 2.45) is 0 Å². The van der Waals surface area contributed by atoms with Crippen molar-refractivity contribution in [3.8, 4) is 0 Å². The molecule has 0 unspecified atom stereocenters. The average Bonchev–Trinajstić information content (AvgIpc) is 3.06. The van der Waals surface area contributed by atoms with Crippen LogP contribution in [-0.2, 0) is 29.3 Å². The first-order valence-electron chi connectivity index (χ1n) is 10.0. The second-order valence-corrected chi connectivity index (χ2v) is 11.3. The summed E-state index contributed by atoms with van der Waals surface area (Å²) in [5.74, 6) is -0.198. The molecule has 0 saturated heterocycles. The summed E-state index contributed by atoms with van der Waals surface area (Å²) in [6, 6.07) is 6.01. The largest absolute Gasteiger partial charge is 0.352 e. The summed E-state index contributed by atoms with van der Waals surface area (Å²) in [4.78, 5) is 18.6. The first-order chi connectivity index (χ1) is 13.6. The number of fused-ring (bicyclic) bond motifs is 1. The van der Waals surface area contributed by atoms with Crippen molar-refractivity contribution in [1.29, 1.82) is 0 Å². The summed E-state index contributed by atoms with van der Waals surface area (Å²) in [5.41, 5.74) is 1.16. The number of hydrogen-bond acceptors (Lipinski definition) is 5. The summed E-state index contributed by atoms with van der Waals surface area (Å²) < 4.78 is 27.3. The fourth-order valence-electron chi connectivity index (χ4n) is 3.30. The number of hydrogen-bond donors (Lipinski definition) is 2. The molecule has 0 spiro atoms. The number of amides is 1. The summed E-state index contributed by atoms with van der Waals surface area (Å²) in [5, 5.41) is 4.06. The monoisotopic (exact) mass is 435 g/mol. The number of aryl methyl sites for hydroxylation is 3. The molecule has 1 aliphatic rings. The lowest BCUT2D eigenvalue weighted by Gasteiger charge is -2.20. The van der Waals surface area contributed by atoms with Crippen molar-refractivity contribution in [3.05, 3.63) is 45.4 Å². The number of rotatable bonds is 7. The number of nitrogens with zero attached hydrogens (tertiary/aromatic N) is 1. The molecule has 0 atom stereocenters. The van der Waals surface area contributed by atoms with Gasteiger partial charge in [0.15, 0.2) is 0 Å². The lowest BCUT2D eigenvalue weighted by molar-refractivity contribution is 0.0953. The minimum atomic E-state index is -3.60. The van der Waals surface area contributed by atoms with Gasteiger partial charge in [-0.25, -0.2) is 18.1 Å². The van der Waals surface area contributed by atoms with Crippen LogP contribution in [0, 0.1) is 0 Å². The van der Waals surface area contributed by atoms with Crippen molar-refractivity contribution < 1.29 is 13.2 Å². The SMILES string of the molecule is CC(C)(C)NS(=O)(=O)c1ccc(C(=O)NCCCc2nc3c(s2)CCCC3)cc1. The summed E-state index contributed by atoms with van der Waals surface area (Å²) in [7, 11) is -3.60. The Kier molecular flexibility index (Phi) is 6.76. The summed E-state index contributed by atoms with van der Waals surface area (Å²) in [6.45, 7) is 5.92. The number of sulfonamides is 1. The highest BCUT2D eigenvalue weighted by molar-refractivity contribution is 7.89. The topological polar surface area (TPSA) is 88.2 Å². The van der Waals surface area contributed by atoms with Crippen LogP contribution in [0.1, 0.15) is 66.0 Å². The number of carbonyl (C=O) groups excluding carboxylic acids is 1. The van der Waals surface area contributed by atoms with Crippen LogP contribution in [0.25, 0.3) is 0 Å². The number of benzene rings is 1. The van der Waals surface area contributed by atoms with E-state index >= 15 is 0 Å². The van der Waals surface area contributed by atoms with Gasteiger partial charge in [-0.3, -0.25) is 4.79 Å². The van der Waals surface area contributed by atoms with Gasteiger partial charge in [-0.2, -0.15) is 0 Å². The van der Waals surface area contributed by atoms with Crippen LogP contribution in [0.3, 0.4) is 0 Å². The highest BCUT2D eigenvalue weighted by Crippen LogP contribution is 2.27. The van der Waals surface area contributed by atoms with Crippen molar-refractivity contribution in [1.82, 2.24) is 15.0 Å². The zero-order chi connectivity index (χ0) is 21.1. The van der Waals surface area contributed by atoms with Crippen molar-refractivity contribution in [2.45, 2.75) is 69.7 Å². The highest BCUT2D eigenvalue weighted by atomic mass is 32.2. The van der Waals surface area contributed by atoms with E-state index in [2.05, 4.69) is 10.0 Å². The van der Waals surface area contributed by atoms with Gasteiger partial charge in [-0.15, -0.1) is 11.3 Å². The molecule has 1 aliphatic carbocycles. The first-order valence-corrected chi connectivity index (χ1v) is 12.3. The Balaban J connectivity index is 1.49. The second kappa shape index (κ2) is 8.93. The second-order valence-electron chi connectivity index (χ2n) is 8.42. The van der Waals surface area contributed by atoms with Crippen LogP contribution in [0.5, 0.6) is 0 Å². The Morgan fingerprint density at radius 1 is 1.14 bits per heavy atom. The molecule has 0 aliphatic heterocycles. The van der Waals surface area contributed by atoms with Gasteiger partial charge in [0, 0.05) is 28.9 Å². The van der Waals surface area contributed by atoms with Crippen LogP contribution < -0.4 is 10.0 Å². The molecule has 2 aromatic rings. The minimum Gasteiger partial charge on any atom is -0.352 e. The van der Waals surface area contributed by atoms with Gasteiger partial charge in [-0.05, 0) is 77.1 Å². The minimum absolute atomic E-state index is 0.150. The number of thiazole rings is 1. The van der Waals surface area contributed by atoms with Gasteiger partial charge < -0.3 is 5.32 Å². The third-order valence-electron chi connectivity index (χ3n) is 4.61. The molecular weight excluding hydrogens is 406 g/mol. The maximum Gasteiger partial charge on any atom is 0.251 e. The van der Waals surface area contributed by atoms with Crippen LogP contribution in [0.15, 0.2) is 29.2 Å².